The molecule has 4 rings (SSSR count). The summed E-state index contributed by atoms with van der Waals surface area (Å²) in [5.74, 6) is -0.352. The van der Waals surface area contributed by atoms with E-state index in [1.807, 2.05) is 0 Å². The van der Waals surface area contributed by atoms with E-state index in [9.17, 15) is 4.79 Å². The zero-order valence-corrected chi connectivity index (χ0v) is 15.8. The molecule has 25 heavy (non-hydrogen) atoms. The molecule has 0 bridgehead atoms. The Balaban J connectivity index is 2.02. The Bertz CT molecular complexity index is 929. The fraction of sp³-hybridized carbons (Fsp3) is 0.368. The van der Waals surface area contributed by atoms with Crippen molar-refractivity contribution >= 4 is 44.5 Å². The molecule has 0 amide bonds. The number of hydrogen-bond acceptors (Lipinski definition) is 6. The summed E-state index contributed by atoms with van der Waals surface area (Å²) in [6, 6.07) is 4.19. The van der Waals surface area contributed by atoms with Crippen LogP contribution in [0.15, 0.2) is 17.5 Å². The van der Waals surface area contributed by atoms with Crippen molar-refractivity contribution in [2.45, 2.75) is 39.0 Å². The normalized spacial score (nSPS) is 14.3. The summed E-state index contributed by atoms with van der Waals surface area (Å²) in [5, 5.41) is 3.01. The third-order valence-electron chi connectivity index (χ3n) is 4.63. The van der Waals surface area contributed by atoms with Crippen LogP contribution < -0.4 is 5.73 Å². The van der Waals surface area contributed by atoms with Gasteiger partial charge in [-0.2, -0.15) is 0 Å². The van der Waals surface area contributed by atoms with Crippen LogP contribution in [0.25, 0.3) is 20.7 Å². The van der Waals surface area contributed by atoms with Gasteiger partial charge in [0.15, 0.2) is 0 Å². The maximum atomic E-state index is 12.3. The first kappa shape index (κ1) is 16.5. The zero-order chi connectivity index (χ0) is 17.4. The second kappa shape index (κ2) is 6.77. The Labute approximate surface area is 154 Å². The first-order valence-electron chi connectivity index (χ1n) is 8.65. The molecule has 0 aliphatic heterocycles. The topological polar surface area (TPSA) is 65.2 Å². The number of aromatic nitrogens is 1. The van der Waals surface area contributed by atoms with Crippen molar-refractivity contribution in [3.05, 3.63) is 33.6 Å². The number of pyridine rings is 1. The van der Waals surface area contributed by atoms with Crippen LogP contribution in [-0.4, -0.2) is 17.6 Å². The summed E-state index contributed by atoms with van der Waals surface area (Å²) < 4.78 is 5.18. The van der Waals surface area contributed by atoms with Gasteiger partial charge in [-0.15, -0.1) is 22.7 Å². The molecule has 0 spiro atoms. The summed E-state index contributed by atoms with van der Waals surface area (Å²) in [4.78, 5) is 19.7. The molecule has 1 aliphatic carbocycles. The van der Waals surface area contributed by atoms with Crippen LogP contribution in [0.4, 0.5) is 5.69 Å². The van der Waals surface area contributed by atoms with Crippen molar-refractivity contribution in [1.29, 1.82) is 0 Å². The highest BCUT2D eigenvalue weighted by Gasteiger charge is 2.26. The Morgan fingerprint density at radius 2 is 2.16 bits per heavy atom. The number of fused-ring (bicyclic) bond motifs is 2. The number of nitrogen functional groups attached to an aromatic ring is 1. The number of nitrogens with zero attached hydrogens (tertiary/aromatic N) is 1. The van der Waals surface area contributed by atoms with E-state index in [-0.39, 0.29) is 5.97 Å². The van der Waals surface area contributed by atoms with Gasteiger partial charge in [-0.1, -0.05) is 12.5 Å². The van der Waals surface area contributed by atoms with Crippen LogP contribution in [-0.2, 0) is 17.6 Å². The molecule has 3 heterocycles. The van der Waals surface area contributed by atoms with E-state index in [1.165, 1.54) is 52.3 Å². The van der Waals surface area contributed by atoms with Crippen LogP contribution in [0, 0.1) is 0 Å². The minimum absolute atomic E-state index is 0.341. The van der Waals surface area contributed by atoms with Crippen molar-refractivity contribution in [2.75, 3.05) is 12.3 Å². The molecule has 6 heteroatoms. The van der Waals surface area contributed by atoms with Gasteiger partial charge in [-0.3, -0.25) is 0 Å². The lowest BCUT2D eigenvalue weighted by Crippen LogP contribution is -2.05. The van der Waals surface area contributed by atoms with Crippen LogP contribution >= 0.6 is 22.7 Å². The molecule has 0 saturated carbocycles. The molecule has 0 unspecified atom stereocenters. The predicted molar refractivity (Wildman–Crippen MR) is 105 cm³/mol. The number of esters is 1. The molecule has 0 radical (unpaired) electrons. The van der Waals surface area contributed by atoms with E-state index < -0.39 is 0 Å². The summed E-state index contributed by atoms with van der Waals surface area (Å²) in [6.45, 7) is 2.15. The highest BCUT2D eigenvalue weighted by Crippen LogP contribution is 2.44. The third kappa shape index (κ3) is 2.83. The van der Waals surface area contributed by atoms with E-state index in [0.717, 1.165) is 23.1 Å². The first-order chi connectivity index (χ1) is 12.2. The van der Waals surface area contributed by atoms with Gasteiger partial charge in [-0.25, -0.2) is 9.78 Å². The fourth-order valence-corrected chi connectivity index (χ4v) is 5.35. The van der Waals surface area contributed by atoms with Gasteiger partial charge >= 0.3 is 5.97 Å². The third-order valence-corrected chi connectivity index (χ3v) is 6.60. The molecule has 0 aromatic carbocycles. The first-order valence-corrected chi connectivity index (χ1v) is 10.3. The second-order valence-corrected chi connectivity index (χ2v) is 8.14. The predicted octanol–water partition coefficient (Wildman–Crippen LogP) is 5.05. The Morgan fingerprint density at radius 1 is 1.32 bits per heavy atom. The molecule has 3 aromatic rings. The highest BCUT2D eigenvalue weighted by molar-refractivity contribution is 7.21. The lowest BCUT2D eigenvalue weighted by atomic mass is 9.97. The Kier molecular flexibility index (Phi) is 4.48. The molecule has 0 saturated heterocycles. The molecule has 0 fully saturated rings. The summed E-state index contributed by atoms with van der Waals surface area (Å²) in [5.41, 5.74) is 10.6. The zero-order valence-electron chi connectivity index (χ0n) is 14.1. The number of carbonyl (C=O) groups is 1. The average Bonchev–Trinajstić information content (AvgIpc) is 3.16. The molecule has 0 atom stereocenters. The number of aryl methyl sites for hydroxylation is 1. The van der Waals surface area contributed by atoms with E-state index in [4.69, 9.17) is 15.5 Å². The van der Waals surface area contributed by atoms with E-state index in [0.29, 0.717) is 17.2 Å². The number of carbonyl (C=O) groups excluding carboxylic acids is 1. The number of thiophene rings is 2. The Hall–Kier alpha value is -1.92. The van der Waals surface area contributed by atoms with Crippen molar-refractivity contribution in [1.82, 2.24) is 4.98 Å². The van der Waals surface area contributed by atoms with E-state index in [1.54, 1.807) is 18.3 Å². The second-order valence-electron chi connectivity index (χ2n) is 6.20. The average molecular weight is 373 g/mol. The standard InChI is InChI=1S/C19H20N2O2S2/c1-2-23-19(22)17-16(20)15-14(13-9-6-10-24-13)11-7-4-3-5-8-12(11)21-18(15)25-17/h6,9-10H,2-5,7-8,20H2,1H3. The lowest BCUT2D eigenvalue weighted by molar-refractivity contribution is 0.0533. The Morgan fingerprint density at radius 3 is 2.92 bits per heavy atom. The summed E-state index contributed by atoms with van der Waals surface area (Å²) in [7, 11) is 0. The van der Waals surface area contributed by atoms with Gasteiger partial charge in [0.25, 0.3) is 0 Å². The van der Waals surface area contributed by atoms with E-state index >= 15 is 0 Å². The lowest BCUT2D eigenvalue weighted by Gasteiger charge is -2.13. The number of hydrogen-bond donors (Lipinski definition) is 1. The molecule has 2 N–H and O–H groups in total. The SMILES string of the molecule is CCOC(=O)c1sc2nc3c(c(-c4cccs4)c2c1N)CCCCC3. The van der Waals surface area contributed by atoms with Gasteiger partial charge in [0.05, 0.1) is 12.3 Å². The van der Waals surface area contributed by atoms with Crippen LogP contribution in [0.3, 0.4) is 0 Å². The van der Waals surface area contributed by atoms with Crippen molar-refractivity contribution in [3.63, 3.8) is 0 Å². The molecule has 1 aliphatic rings. The fourth-order valence-electron chi connectivity index (χ4n) is 3.53. The number of anilines is 1. The smallest absolute Gasteiger partial charge is 0.350 e. The maximum Gasteiger partial charge on any atom is 0.350 e. The van der Waals surface area contributed by atoms with Gasteiger partial charge in [-0.05, 0) is 49.6 Å². The number of rotatable bonds is 3. The van der Waals surface area contributed by atoms with Gasteiger partial charge in [0.2, 0.25) is 0 Å². The van der Waals surface area contributed by atoms with Crippen molar-refractivity contribution in [3.8, 4) is 10.4 Å². The van der Waals surface area contributed by atoms with Crippen molar-refractivity contribution < 1.29 is 9.53 Å². The number of nitrogens with two attached hydrogens (primary N) is 1. The minimum Gasteiger partial charge on any atom is -0.462 e. The van der Waals surface area contributed by atoms with Crippen molar-refractivity contribution in [2.24, 2.45) is 0 Å². The molecule has 130 valence electrons. The number of ether oxygens (including phenoxy) is 1. The van der Waals surface area contributed by atoms with Crippen LogP contribution in [0.5, 0.6) is 0 Å². The molecule has 3 aromatic heterocycles. The van der Waals surface area contributed by atoms with Crippen LogP contribution in [0.2, 0.25) is 0 Å². The van der Waals surface area contributed by atoms with Gasteiger partial charge in [0, 0.05) is 21.5 Å². The van der Waals surface area contributed by atoms with Gasteiger partial charge in [0.1, 0.15) is 9.71 Å². The molecular weight excluding hydrogens is 352 g/mol. The minimum atomic E-state index is -0.352. The largest absolute Gasteiger partial charge is 0.462 e. The van der Waals surface area contributed by atoms with Gasteiger partial charge < -0.3 is 10.5 Å². The highest BCUT2D eigenvalue weighted by atomic mass is 32.1. The molecular formula is C19H20N2O2S2. The van der Waals surface area contributed by atoms with Crippen LogP contribution in [0.1, 0.15) is 47.1 Å². The molecule has 4 nitrogen and oxygen atoms in total. The monoisotopic (exact) mass is 372 g/mol. The summed E-state index contributed by atoms with van der Waals surface area (Å²) in [6.07, 6.45) is 5.59. The maximum absolute atomic E-state index is 12.3. The van der Waals surface area contributed by atoms with E-state index in [2.05, 4.69) is 17.5 Å². The summed E-state index contributed by atoms with van der Waals surface area (Å²) >= 11 is 3.07. The quantitative estimate of drug-likeness (QED) is 0.516.